The molecule has 5 nitrogen and oxygen atoms in total. The summed E-state index contributed by atoms with van der Waals surface area (Å²) >= 11 is 10.0. The van der Waals surface area contributed by atoms with Crippen LogP contribution in [0.15, 0.2) is 41.0 Å². The van der Waals surface area contributed by atoms with E-state index in [2.05, 4.69) is 45.1 Å². The first-order valence-corrected chi connectivity index (χ1v) is 11.9. The molecular weight excluding hydrogens is 462 g/mol. The minimum absolute atomic E-state index is 0.636. The molecule has 1 aliphatic heterocycles. The number of benzene rings is 1. The SMILES string of the molecule is CC(C)CCN1CCCC(CNc2cc(-c3ccccc3Cl)nc3c(Br)cnn23)C1. The summed E-state index contributed by atoms with van der Waals surface area (Å²) in [6.45, 7) is 9.12. The molecule has 7 heteroatoms. The summed E-state index contributed by atoms with van der Waals surface area (Å²) in [5.74, 6) is 2.34. The van der Waals surface area contributed by atoms with Crippen LogP contribution < -0.4 is 5.32 Å². The van der Waals surface area contributed by atoms with Gasteiger partial charge in [0, 0.05) is 29.7 Å². The number of nitrogens with one attached hydrogen (secondary N) is 1. The summed E-state index contributed by atoms with van der Waals surface area (Å²) in [5.41, 5.74) is 2.56. The lowest BCUT2D eigenvalue weighted by Gasteiger charge is -2.33. The van der Waals surface area contributed by atoms with Gasteiger partial charge in [-0.3, -0.25) is 0 Å². The van der Waals surface area contributed by atoms with Crippen molar-refractivity contribution in [3.05, 3.63) is 46.0 Å². The highest BCUT2D eigenvalue weighted by atomic mass is 79.9. The van der Waals surface area contributed by atoms with Gasteiger partial charge in [-0.2, -0.15) is 9.61 Å². The van der Waals surface area contributed by atoms with E-state index in [-0.39, 0.29) is 0 Å². The Balaban J connectivity index is 1.53. The average Bonchev–Trinajstić information content (AvgIpc) is 3.12. The first-order chi connectivity index (χ1) is 14.5. The van der Waals surface area contributed by atoms with Crippen LogP contribution in [0.5, 0.6) is 0 Å². The minimum atomic E-state index is 0.636. The average molecular weight is 491 g/mol. The molecule has 1 atom stereocenters. The number of hydrogen-bond acceptors (Lipinski definition) is 4. The van der Waals surface area contributed by atoms with Crippen LogP contribution >= 0.6 is 27.5 Å². The normalized spacial score (nSPS) is 17.7. The molecular formula is C23H29BrClN5. The quantitative estimate of drug-likeness (QED) is 0.442. The Morgan fingerprint density at radius 1 is 1.30 bits per heavy atom. The van der Waals surface area contributed by atoms with Gasteiger partial charge in [0.25, 0.3) is 0 Å². The largest absolute Gasteiger partial charge is 0.370 e. The maximum absolute atomic E-state index is 6.44. The Kier molecular flexibility index (Phi) is 6.96. The molecule has 1 fully saturated rings. The van der Waals surface area contributed by atoms with Gasteiger partial charge < -0.3 is 10.2 Å². The van der Waals surface area contributed by atoms with Gasteiger partial charge in [0.15, 0.2) is 5.65 Å². The number of nitrogens with zero attached hydrogens (tertiary/aromatic N) is 4. The Morgan fingerprint density at radius 3 is 2.93 bits per heavy atom. The van der Waals surface area contributed by atoms with Gasteiger partial charge in [-0.25, -0.2) is 4.98 Å². The summed E-state index contributed by atoms with van der Waals surface area (Å²) in [4.78, 5) is 7.42. The molecule has 0 saturated carbocycles. The Bertz CT molecular complexity index is 1000. The topological polar surface area (TPSA) is 45.5 Å². The molecule has 2 aromatic heterocycles. The van der Waals surface area contributed by atoms with Crippen molar-refractivity contribution in [1.29, 1.82) is 0 Å². The third kappa shape index (κ3) is 4.98. The summed E-state index contributed by atoms with van der Waals surface area (Å²) < 4.78 is 2.74. The van der Waals surface area contributed by atoms with Crippen LogP contribution in [0.2, 0.25) is 5.02 Å². The van der Waals surface area contributed by atoms with Gasteiger partial charge in [0.2, 0.25) is 0 Å². The van der Waals surface area contributed by atoms with Gasteiger partial charge in [0.1, 0.15) is 5.82 Å². The fourth-order valence-electron chi connectivity index (χ4n) is 4.08. The van der Waals surface area contributed by atoms with Crippen LogP contribution in [-0.4, -0.2) is 45.7 Å². The molecule has 1 aromatic carbocycles. The molecule has 1 aliphatic rings. The standard InChI is InChI=1S/C23H29BrClN5/c1-16(2)9-11-29-10-5-6-17(15-29)13-26-22-12-21(18-7-3-4-8-20(18)25)28-23-19(24)14-27-30(22)23/h3-4,7-8,12,14,16-17,26H,5-6,9-11,13,15H2,1-2H3. The van der Waals surface area contributed by atoms with Crippen molar-refractivity contribution < 1.29 is 0 Å². The molecule has 3 aromatic rings. The van der Waals surface area contributed by atoms with Gasteiger partial charge in [-0.1, -0.05) is 43.6 Å². The summed E-state index contributed by atoms with van der Waals surface area (Å²) in [6.07, 6.45) is 5.60. The second-order valence-electron chi connectivity index (χ2n) is 8.61. The fraction of sp³-hybridized carbons (Fsp3) is 0.478. The van der Waals surface area contributed by atoms with Gasteiger partial charge in [-0.15, -0.1) is 0 Å². The van der Waals surface area contributed by atoms with E-state index < -0.39 is 0 Å². The Morgan fingerprint density at radius 2 is 2.13 bits per heavy atom. The van der Waals surface area contributed by atoms with Gasteiger partial charge in [-0.05, 0) is 66.2 Å². The van der Waals surface area contributed by atoms with E-state index in [1.807, 2.05) is 34.8 Å². The molecule has 0 amide bonds. The molecule has 0 bridgehead atoms. The lowest BCUT2D eigenvalue weighted by atomic mass is 9.97. The summed E-state index contributed by atoms with van der Waals surface area (Å²) in [6, 6.07) is 9.87. The van der Waals surface area contributed by atoms with Gasteiger partial charge in [0.05, 0.1) is 16.4 Å². The van der Waals surface area contributed by atoms with E-state index in [0.29, 0.717) is 10.9 Å². The van der Waals surface area contributed by atoms with Crippen LogP contribution in [0.4, 0.5) is 5.82 Å². The summed E-state index contributed by atoms with van der Waals surface area (Å²) in [5, 5.41) is 8.86. The zero-order valence-electron chi connectivity index (χ0n) is 17.6. The predicted octanol–water partition coefficient (Wildman–Crippen LogP) is 5.98. The molecule has 3 heterocycles. The lowest BCUT2D eigenvalue weighted by molar-refractivity contribution is 0.172. The molecule has 0 aliphatic carbocycles. The van der Waals surface area contributed by atoms with Crippen LogP contribution in [0.1, 0.15) is 33.1 Å². The number of anilines is 1. The first kappa shape index (κ1) is 21.6. The van der Waals surface area contributed by atoms with Crippen molar-refractivity contribution >= 4 is 39.0 Å². The van der Waals surface area contributed by atoms with E-state index in [1.54, 1.807) is 6.20 Å². The number of fused-ring (bicyclic) bond motifs is 1. The fourth-order valence-corrected chi connectivity index (χ4v) is 4.66. The molecule has 1 unspecified atom stereocenters. The smallest absolute Gasteiger partial charge is 0.172 e. The van der Waals surface area contributed by atoms with Crippen molar-refractivity contribution in [2.24, 2.45) is 11.8 Å². The van der Waals surface area contributed by atoms with Crippen LogP contribution in [0, 0.1) is 11.8 Å². The van der Waals surface area contributed by atoms with E-state index in [1.165, 1.54) is 32.4 Å². The van der Waals surface area contributed by atoms with E-state index in [0.717, 1.165) is 46.2 Å². The highest BCUT2D eigenvalue weighted by Gasteiger charge is 2.21. The molecule has 4 rings (SSSR count). The second-order valence-corrected chi connectivity index (χ2v) is 9.87. The molecule has 30 heavy (non-hydrogen) atoms. The van der Waals surface area contributed by atoms with Crippen LogP contribution in [-0.2, 0) is 0 Å². The minimum Gasteiger partial charge on any atom is -0.370 e. The molecule has 160 valence electrons. The number of hydrogen-bond donors (Lipinski definition) is 1. The maximum Gasteiger partial charge on any atom is 0.172 e. The van der Waals surface area contributed by atoms with Crippen LogP contribution in [0.3, 0.4) is 0 Å². The van der Waals surface area contributed by atoms with Crippen molar-refractivity contribution in [2.45, 2.75) is 33.1 Å². The second kappa shape index (κ2) is 9.67. The number of aromatic nitrogens is 3. The lowest BCUT2D eigenvalue weighted by Crippen LogP contribution is -2.39. The van der Waals surface area contributed by atoms with Gasteiger partial charge >= 0.3 is 0 Å². The summed E-state index contributed by atoms with van der Waals surface area (Å²) in [7, 11) is 0. The number of piperidine rings is 1. The highest BCUT2D eigenvalue weighted by Crippen LogP contribution is 2.30. The van der Waals surface area contributed by atoms with Crippen LogP contribution in [0.25, 0.3) is 16.9 Å². The van der Waals surface area contributed by atoms with Crippen molar-refractivity contribution in [1.82, 2.24) is 19.5 Å². The maximum atomic E-state index is 6.44. The first-order valence-electron chi connectivity index (χ1n) is 10.8. The zero-order chi connectivity index (χ0) is 21.1. The van der Waals surface area contributed by atoms with Crippen molar-refractivity contribution in [3.8, 4) is 11.3 Å². The molecule has 1 saturated heterocycles. The molecule has 0 spiro atoms. The molecule has 1 N–H and O–H groups in total. The van der Waals surface area contributed by atoms with E-state index in [9.17, 15) is 0 Å². The van der Waals surface area contributed by atoms with E-state index in [4.69, 9.17) is 16.6 Å². The number of likely N-dealkylation sites (tertiary alicyclic amines) is 1. The number of rotatable bonds is 7. The monoisotopic (exact) mass is 489 g/mol. The highest BCUT2D eigenvalue weighted by molar-refractivity contribution is 9.10. The predicted molar refractivity (Wildman–Crippen MR) is 128 cm³/mol. The van der Waals surface area contributed by atoms with Crippen molar-refractivity contribution in [2.75, 3.05) is 31.5 Å². The Hall–Kier alpha value is -1.63. The van der Waals surface area contributed by atoms with Crippen molar-refractivity contribution in [3.63, 3.8) is 0 Å². The number of halogens is 2. The molecule has 0 radical (unpaired) electrons. The third-order valence-electron chi connectivity index (χ3n) is 5.78. The Labute approximate surface area is 192 Å². The van der Waals surface area contributed by atoms with E-state index >= 15 is 0 Å². The third-order valence-corrected chi connectivity index (χ3v) is 6.67. The zero-order valence-corrected chi connectivity index (χ0v) is 20.0.